The van der Waals surface area contributed by atoms with Gasteiger partial charge in [-0.2, -0.15) is 13.2 Å². The number of hydrogen-bond acceptors (Lipinski definition) is 4. The Morgan fingerprint density at radius 2 is 2.00 bits per heavy atom. The molecule has 2 rings (SSSR count). The van der Waals surface area contributed by atoms with E-state index in [-0.39, 0.29) is 5.69 Å². The van der Waals surface area contributed by atoms with Gasteiger partial charge in [-0.05, 0) is 32.9 Å². The maximum absolute atomic E-state index is 13.0. The van der Waals surface area contributed by atoms with E-state index in [1.54, 1.807) is 20.8 Å². The molecular formula is C15H17F3N2O4. The van der Waals surface area contributed by atoms with Crippen molar-refractivity contribution in [1.29, 1.82) is 0 Å². The zero-order valence-corrected chi connectivity index (χ0v) is 13.3. The molecule has 1 aromatic rings. The number of ether oxygens (including phenoxy) is 2. The molecule has 9 heteroatoms. The molecule has 0 aromatic heterocycles. The fourth-order valence-corrected chi connectivity index (χ4v) is 2.01. The van der Waals surface area contributed by atoms with E-state index in [1.165, 1.54) is 6.07 Å². The van der Waals surface area contributed by atoms with Gasteiger partial charge >= 0.3 is 12.3 Å². The number of amides is 2. The minimum absolute atomic E-state index is 0.128. The molecule has 24 heavy (non-hydrogen) atoms. The van der Waals surface area contributed by atoms with E-state index in [0.29, 0.717) is 0 Å². The third kappa shape index (κ3) is 4.30. The number of alkyl halides is 3. The molecule has 0 aliphatic carbocycles. The third-order valence-electron chi connectivity index (χ3n) is 2.98. The van der Waals surface area contributed by atoms with Gasteiger partial charge in [-0.3, -0.25) is 4.79 Å². The first-order valence-electron chi connectivity index (χ1n) is 7.10. The highest BCUT2D eigenvalue weighted by atomic mass is 19.4. The number of fused-ring (bicyclic) bond motifs is 1. The Bertz CT molecular complexity index is 653. The summed E-state index contributed by atoms with van der Waals surface area (Å²) < 4.78 is 49.1. The summed E-state index contributed by atoms with van der Waals surface area (Å²) in [6.07, 6.45) is -6.88. The van der Waals surface area contributed by atoms with Crippen LogP contribution in [0, 0.1) is 0 Å². The van der Waals surface area contributed by atoms with Crippen LogP contribution >= 0.6 is 0 Å². The van der Waals surface area contributed by atoms with Gasteiger partial charge in [0, 0.05) is 5.54 Å². The average Bonchev–Trinajstić information content (AvgIpc) is 2.55. The zero-order chi connectivity index (χ0) is 18.1. The van der Waals surface area contributed by atoms with Gasteiger partial charge in [-0.1, -0.05) is 6.07 Å². The van der Waals surface area contributed by atoms with Gasteiger partial charge in [-0.25, -0.2) is 4.79 Å². The molecule has 0 radical (unpaired) electrons. The number of hydrogen-bond donors (Lipinski definition) is 2. The molecule has 2 amide bonds. The zero-order valence-electron chi connectivity index (χ0n) is 13.3. The number of nitrogens with one attached hydrogen (secondary N) is 2. The summed E-state index contributed by atoms with van der Waals surface area (Å²) in [4.78, 5) is 23.8. The lowest BCUT2D eigenvalue weighted by Crippen LogP contribution is -2.45. The van der Waals surface area contributed by atoms with Crippen molar-refractivity contribution in [2.24, 2.45) is 0 Å². The van der Waals surface area contributed by atoms with Gasteiger partial charge < -0.3 is 20.1 Å². The minimum atomic E-state index is -4.64. The number of rotatable bonds is 1. The van der Waals surface area contributed by atoms with E-state index in [0.717, 1.165) is 12.1 Å². The third-order valence-corrected chi connectivity index (χ3v) is 2.98. The number of halogens is 3. The van der Waals surface area contributed by atoms with Gasteiger partial charge in [0.25, 0.3) is 5.91 Å². The van der Waals surface area contributed by atoms with Crippen LogP contribution in [0.5, 0.6) is 5.75 Å². The van der Waals surface area contributed by atoms with Gasteiger partial charge in [0.15, 0.2) is 5.75 Å². The Hall–Kier alpha value is -2.45. The smallest absolute Gasteiger partial charge is 0.420 e. The van der Waals surface area contributed by atoms with Gasteiger partial charge in [-0.15, -0.1) is 0 Å². The van der Waals surface area contributed by atoms with Crippen molar-refractivity contribution in [1.82, 2.24) is 5.32 Å². The van der Waals surface area contributed by atoms with E-state index in [1.807, 2.05) is 0 Å². The van der Waals surface area contributed by atoms with Crippen molar-refractivity contribution in [2.45, 2.75) is 38.6 Å². The molecule has 1 atom stereocenters. The highest BCUT2D eigenvalue weighted by Crippen LogP contribution is 2.41. The summed E-state index contributed by atoms with van der Waals surface area (Å²) in [6, 6.07) is 3.28. The lowest BCUT2D eigenvalue weighted by atomic mass is 10.1. The first-order chi connectivity index (χ1) is 11.0. The normalized spacial score (nSPS) is 17.9. The predicted molar refractivity (Wildman–Crippen MR) is 78.7 cm³/mol. The van der Waals surface area contributed by atoms with Crippen molar-refractivity contribution in [3.63, 3.8) is 0 Å². The molecule has 1 aliphatic rings. The molecule has 1 heterocycles. The van der Waals surface area contributed by atoms with Crippen molar-refractivity contribution < 1.29 is 32.2 Å². The van der Waals surface area contributed by atoms with Crippen LogP contribution in [0.25, 0.3) is 0 Å². The van der Waals surface area contributed by atoms with Gasteiger partial charge in [0.1, 0.15) is 6.61 Å². The second kappa shape index (κ2) is 6.21. The Kier molecular flexibility index (Phi) is 4.63. The number of alkyl carbamates (subject to hydrolysis) is 1. The lowest BCUT2D eigenvalue weighted by molar-refractivity contribution is -0.139. The van der Waals surface area contributed by atoms with E-state index in [9.17, 15) is 22.8 Å². The molecule has 0 fully saturated rings. The SMILES string of the molecule is CC(C)(C)NC(=O)OC1COc2c(cccc2C(F)(F)F)NC1=O. The highest BCUT2D eigenvalue weighted by molar-refractivity contribution is 5.97. The summed E-state index contributed by atoms with van der Waals surface area (Å²) >= 11 is 0. The topological polar surface area (TPSA) is 76.7 Å². The lowest BCUT2D eigenvalue weighted by Gasteiger charge is -2.22. The van der Waals surface area contributed by atoms with Crippen molar-refractivity contribution in [3.05, 3.63) is 23.8 Å². The van der Waals surface area contributed by atoms with Crippen molar-refractivity contribution >= 4 is 17.7 Å². The van der Waals surface area contributed by atoms with Crippen LogP contribution in [-0.2, 0) is 15.7 Å². The summed E-state index contributed by atoms with van der Waals surface area (Å²) in [5.41, 5.74) is -1.73. The molecule has 0 bridgehead atoms. The summed E-state index contributed by atoms with van der Waals surface area (Å²) in [5.74, 6) is -1.27. The number of carbonyl (C=O) groups is 2. The monoisotopic (exact) mass is 346 g/mol. The average molecular weight is 346 g/mol. The Labute approximate surface area is 136 Å². The second-order valence-corrected chi connectivity index (χ2v) is 6.25. The van der Waals surface area contributed by atoms with Crippen LogP contribution in [0.2, 0.25) is 0 Å². The van der Waals surface area contributed by atoms with E-state index >= 15 is 0 Å². The number of anilines is 1. The van der Waals surface area contributed by atoms with Crippen LogP contribution in [0.15, 0.2) is 18.2 Å². The quantitative estimate of drug-likeness (QED) is 0.820. The minimum Gasteiger partial charge on any atom is -0.486 e. The van der Waals surface area contributed by atoms with Crippen LogP contribution < -0.4 is 15.4 Å². The van der Waals surface area contributed by atoms with E-state index in [4.69, 9.17) is 9.47 Å². The second-order valence-electron chi connectivity index (χ2n) is 6.25. The molecule has 0 saturated heterocycles. The summed E-state index contributed by atoms with van der Waals surface area (Å²) in [5, 5.41) is 4.77. The molecule has 1 unspecified atom stereocenters. The van der Waals surface area contributed by atoms with Crippen LogP contribution in [0.4, 0.5) is 23.7 Å². The molecule has 132 valence electrons. The molecule has 1 aliphatic heterocycles. The van der Waals surface area contributed by atoms with Gasteiger partial charge in [0.05, 0.1) is 11.3 Å². The molecule has 0 spiro atoms. The van der Waals surface area contributed by atoms with Crippen molar-refractivity contribution in [2.75, 3.05) is 11.9 Å². The number of benzene rings is 1. The van der Waals surface area contributed by atoms with Gasteiger partial charge in [0.2, 0.25) is 6.10 Å². The summed E-state index contributed by atoms with van der Waals surface area (Å²) in [7, 11) is 0. The Balaban J connectivity index is 2.18. The van der Waals surface area contributed by atoms with E-state index in [2.05, 4.69) is 10.6 Å². The Morgan fingerprint density at radius 1 is 1.33 bits per heavy atom. The summed E-state index contributed by atoms with van der Waals surface area (Å²) in [6.45, 7) is 4.61. The standard InChI is InChI=1S/C15H17F3N2O4/c1-14(2,3)20-13(22)24-10-7-23-11-8(15(16,17)18)5-4-6-9(11)19-12(10)21/h4-6,10H,7H2,1-3H3,(H,19,21)(H,20,22). The Morgan fingerprint density at radius 3 is 2.58 bits per heavy atom. The predicted octanol–water partition coefficient (Wildman–Crippen LogP) is 2.93. The first-order valence-corrected chi connectivity index (χ1v) is 7.10. The van der Waals surface area contributed by atoms with E-state index < -0.39 is 47.7 Å². The highest BCUT2D eigenvalue weighted by Gasteiger charge is 2.38. The maximum Gasteiger partial charge on any atom is 0.420 e. The van der Waals surface area contributed by atoms with Crippen LogP contribution in [0.3, 0.4) is 0 Å². The van der Waals surface area contributed by atoms with Crippen molar-refractivity contribution in [3.8, 4) is 5.75 Å². The molecule has 6 nitrogen and oxygen atoms in total. The number of carbonyl (C=O) groups excluding carboxylic acids is 2. The van der Waals surface area contributed by atoms with Crippen LogP contribution in [-0.4, -0.2) is 30.3 Å². The molecule has 0 saturated carbocycles. The fraction of sp³-hybridized carbons (Fsp3) is 0.467. The molecule has 2 N–H and O–H groups in total. The largest absolute Gasteiger partial charge is 0.486 e. The maximum atomic E-state index is 13.0. The number of para-hydroxylation sites is 1. The first kappa shape index (κ1) is 17.9. The molecule has 1 aromatic carbocycles. The molecular weight excluding hydrogens is 329 g/mol. The fourth-order valence-electron chi connectivity index (χ4n) is 2.01. The van der Waals surface area contributed by atoms with Crippen LogP contribution in [0.1, 0.15) is 26.3 Å².